The van der Waals surface area contributed by atoms with Crippen LogP contribution in [0.15, 0.2) is 63.6 Å². The molecule has 0 bridgehead atoms. The van der Waals surface area contributed by atoms with Crippen LogP contribution in [0.25, 0.3) is 23.1 Å². The number of alkyl halides is 3. The van der Waals surface area contributed by atoms with Crippen LogP contribution in [0.3, 0.4) is 0 Å². The third kappa shape index (κ3) is 4.61. The molecule has 0 aliphatic heterocycles. The van der Waals surface area contributed by atoms with Gasteiger partial charge >= 0.3 is 6.36 Å². The van der Waals surface area contributed by atoms with Gasteiger partial charge in [0.15, 0.2) is 5.76 Å². The number of aromatic nitrogens is 2. The fraction of sp³-hybridized carbons (Fsp3) is 0.0952. The first kappa shape index (κ1) is 21.1. The minimum Gasteiger partial charge on any atom is -0.459 e. The number of anilines is 1. The fourth-order valence-electron chi connectivity index (χ4n) is 2.82. The van der Waals surface area contributed by atoms with Crippen molar-refractivity contribution in [2.75, 3.05) is 5.32 Å². The molecule has 0 spiro atoms. The van der Waals surface area contributed by atoms with E-state index in [1.54, 1.807) is 19.1 Å². The van der Waals surface area contributed by atoms with Crippen LogP contribution in [0, 0.1) is 12.7 Å². The highest BCUT2D eigenvalue weighted by Crippen LogP contribution is 2.30. The van der Waals surface area contributed by atoms with Gasteiger partial charge in [-0.15, -0.1) is 23.4 Å². The van der Waals surface area contributed by atoms with E-state index in [-0.39, 0.29) is 23.0 Å². The molecule has 32 heavy (non-hydrogen) atoms. The first-order valence-corrected chi connectivity index (χ1v) is 9.04. The number of amides is 1. The summed E-state index contributed by atoms with van der Waals surface area (Å²) in [5, 5.41) is 9.95. The van der Waals surface area contributed by atoms with E-state index in [1.165, 1.54) is 30.5 Å². The van der Waals surface area contributed by atoms with Gasteiger partial charge in [-0.05, 0) is 49.4 Å². The van der Waals surface area contributed by atoms with Crippen molar-refractivity contribution in [3.63, 3.8) is 0 Å². The number of hydrogen-bond donors (Lipinski definition) is 1. The summed E-state index contributed by atoms with van der Waals surface area (Å²) in [4.78, 5) is 12.6. The number of nitrogens with zero attached hydrogens (tertiary/aromatic N) is 2. The smallest absolute Gasteiger partial charge is 0.459 e. The summed E-state index contributed by atoms with van der Waals surface area (Å²) in [6.07, 6.45) is -3.58. The Balaban J connectivity index is 1.62. The molecule has 0 atom stereocenters. The lowest BCUT2D eigenvalue weighted by Gasteiger charge is -2.14. The molecule has 2 heterocycles. The lowest BCUT2D eigenvalue weighted by Crippen LogP contribution is -2.21. The number of ether oxygens (including phenoxy) is 1. The lowest BCUT2D eigenvalue weighted by atomic mass is 10.1. The molecule has 0 saturated heterocycles. The Labute approximate surface area is 177 Å². The fourth-order valence-corrected chi connectivity index (χ4v) is 2.82. The molecule has 0 fully saturated rings. The topological polar surface area (TPSA) is 90.4 Å². The molecule has 4 rings (SSSR count). The molecular formula is C21H13F4N3O4. The number of nitrogens with one attached hydrogen (secondary N) is 1. The van der Waals surface area contributed by atoms with Crippen molar-refractivity contribution in [1.82, 2.24) is 10.2 Å². The van der Waals surface area contributed by atoms with Crippen molar-refractivity contribution >= 4 is 11.6 Å². The second kappa shape index (κ2) is 8.17. The second-order valence-corrected chi connectivity index (χ2v) is 6.59. The summed E-state index contributed by atoms with van der Waals surface area (Å²) in [6.45, 7) is 1.58. The van der Waals surface area contributed by atoms with E-state index in [1.807, 2.05) is 0 Å². The number of hydrogen-bond acceptors (Lipinski definition) is 6. The Bertz CT molecular complexity index is 1270. The predicted molar refractivity (Wildman–Crippen MR) is 103 cm³/mol. The standard InChI is InChI=1S/C21H13F4N3O4/c1-11-4-7-16(32-21(23,24)25)13(9-11)18(29)26-15-10-12(5-6-14(15)22)19-27-28-20(31-19)17-3-2-8-30-17/h2-10H,1H3,(H,26,29). The first-order chi connectivity index (χ1) is 15.2. The number of aryl methyl sites for hydroxylation is 1. The maximum Gasteiger partial charge on any atom is 0.573 e. The third-order valence-electron chi connectivity index (χ3n) is 4.22. The van der Waals surface area contributed by atoms with Crippen molar-refractivity contribution in [2.45, 2.75) is 13.3 Å². The number of rotatable bonds is 5. The van der Waals surface area contributed by atoms with Crippen LogP contribution in [0.5, 0.6) is 5.75 Å². The average Bonchev–Trinajstić information content (AvgIpc) is 3.41. The molecule has 7 nitrogen and oxygen atoms in total. The molecule has 2 aromatic heterocycles. The van der Waals surface area contributed by atoms with Crippen LogP contribution < -0.4 is 10.1 Å². The molecule has 0 aliphatic rings. The number of furan rings is 1. The maximum atomic E-state index is 14.3. The molecule has 0 unspecified atom stereocenters. The minimum atomic E-state index is -5.00. The van der Waals surface area contributed by atoms with E-state index < -0.39 is 29.4 Å². The molecule has 1 amide bonds. The SMILES string of the molecule is Cc1ccc(OC(F)(F)F)c(C(=O)Nc2cc(-c3nnc(-c4ccco4)o3)ccc2F)c1. The van der Waals surface area contributed by atoms with E-state index in [2.05, 4.69) is 20.3 Å². The van der Waals surface area contributed by atoms with E-state index in [9.17, 15) is 22.4 Å². The molecule has 4 aromatic rings. The van der Waals surface area contributed by atoms with Gasteiger partial charge in [-0.3, -0.25) is 4.79 Å². The minimum absolute atomic E-state index is 0.0172. The lowest BCUT2D eigenvalue weighted by molar-refractivity contribution is -0.274. The van der Waals surface area contributed by atoms with Crippen molar-refractivity contribution < 1.29 is 35.9 Å². The van der Waals surface area contributed by atoms with Crippen molar-refractivity contribution in [3.8, 4) is 28.9 Å². The Hall–Kier alpha value is -4.15. The highest BCUT2D eigenvalue weighted by Gasteiger charge is 2.33. The monoisotopic (exact) mass is 447 g/mol. The zero-order chi connectivity index (χ0) is 22.9. The number of halogens is 4. The highest BCUT2D eigenvalue weighted by atomic mass is 19.4. The predicted octanol–water partition coefficient (Wildman–Crippen LogP) is 5.60. The number of benzene rings is 2. The van der Waals surface area contributed by atoms with Crippen molar-refractivity contribution in [2.24, 2.45) is 0 Å². The Morgan fingerprint density at radius 1 is 1.06 bits per heavy atom. The van der Waals surface area contributed by atoms with Crippen molar-refractivity contribution in [3.05, 3.63) is 71.7 Å². The van der Waals surface area contributed by atoms with Crippen molar-refractivity contribution in [1.29, 1.82) is 0 Å². The van der Waals surface area contributed by atoms with Crippen LogP contribution in [0.1, 0.15) is 15.9 Å². The third-order valence-corrected chi connectivity index (χ3v) is 4.22. The first-order valence-electron chi connectivity index (χ1n) is 9.04. The Kier molecular flexibility index (Phi) is 5.39. The van der Waals surface area contributed by atoms with Gasteiger partial charge in [-0.1, -0.05) is 11.6 Å². The molecule has 0 radical (unpaired) electrons. The van der Waals surface area contributed by atoms with Gasteiger partial charge in [-0.25, -0.2) is 4.39 Å². The molecule has 11 heteroatoms. The molecule has 164 valence electrons. The van der Waals surface area contributed by atoms with Gasteiger partial charge < -0.3 is 18.9 Å². The van der Waals surface area contributed by atoms with Crippen LogP contribution in [-0.4, -0.2) is 22.5 Å². The largest absolute Gasteiger partial charge is 0.573 e. The van der Waals surface area contributed by atoms with Gasteiger partial charge in [0.05, 0.1) is 17.5 Å². The summed E-state index contributed by atoms with van der Waals surface area (Å²) >= 11 is 0. The maximum absolute atomic E-state index is 14.3. The van der Waals surface area contributed by atoms with E-state index >= 15 is 0 Å². The van der Waals surface area contributed by atoms with Crippen LogP contribution >= 0.6 is 0 Å². The average molecular weight is 447 g/mol. The zero-order valence-corrected chi connectivity index (χ0v) is 16.2. The number of carbonyl (C=O) groups excluding carboxylic acids is 1. The van der Waals surface area contributed by atoms with E-state index in [0.29, 0.717) is 11.3 Å². The molecule has 1 N–H and O–H groups in total. The second-order valence-electron chi connectivity index (χ2n) is 6.59. The van der Waals surface area contributed by atoms with Gasteiger partial charge in [-0.2, -0.15) is 0 Å². The van der Waals surface area contributed by atoms with Gasteiger partial charge in [0, 0.05) is 5.56 Å². The Morgan fingerprint density at radius 3 is 2.56 bits per heavy atom. The number of carbonyl (C=O) groups is 1. The molecule has 0 saturated carbocycles. The van der Waals surface area contributed by atoms with Crippen LogP contribution in [0.2, 0.25) is 0 Å². The van der Waals surface area contributed by atoms with E-state index in [0.717, 1.165) is 12.1 Å². The summed E-state index contributed by atoms with van der Waals surface area (Å²) in [5.74, 6) is -2.09. The summed E-state index contributed by atoms with van der Waals surface area (Å²) in [5.41, 5.74) is 0.0629. The Morgan fingerprint density at radius 2 is 1.84 bits per heavy atom. The van der Waals surface area contributed by atoms with Crippen LogP contribution in [-0.2, 0) is 0 Å². The van der Waals surface area contributed by atoms with Crippen LogP contribution in [0.4, 0.5) is 23.2 Å². The molecular weight excluding hydrogens is 434 g/mol. The summed E-state index contributed by atoms with van der Waals surface area (Å²) < 4.78 is 66.9. The molecule has 0 aliphatic carbocycles. The van der Waals surface area contributed by atoms with E-state index in [4.69, 9.17) is 8.83 Å². The summed E-state index contributed by atoms with van der Waals surface area (Å²) in [7, 11) is 0. The van der Waals surface area contributed by atoms with Gasteiger partial charge in [0.1, 0.15) is 11.6 Å². The highest BCUT2D eigenvalue weighted by molar-refractivity contribution is 6.06. The van der Waals surface area contributed by atoms with Gasteiger partial charge in [0.25, 0.3) is 11.8 Å². The van der Waals surface area contributed by atoms with Gasteiger partial charge in [0.2, 0.25) is 5.89 Å². The molecule has 2 aromatic carbocycles. The quantitative estimate of drug-likeness (QED) is 0.401. The zero-order valence-electron chi connectivity index (χ0n) is 16.2. The summed E-state index contributed by atoms with van der Waals surface area (Å²) in [6, 6.07) is 10.4. The normalized spacial score (nSPS) is 11.4.